The lowest BCUT2D eigenvalue weighted by molar-refractivity contribution is 0.295. The van der Waals surface area contributed by atoms with E-state index in [4.69, 9.17) is 9.47 Å². The largest absolute Gasteiger partial charge is 0.492 e. The zero-order valence-electron chi connectivity index (χ0n) is 44.3. The van der Waals surface area contributed by atoms with Crippen LogP contribution in [0.5, 0.6) is 11.5 Å². The van der Waals surface area contributed by atoms with Gasteiger partial charge in [-0.15, -0.1) is 0 Å². The van der Waals surface area contributed by atoms with Crippen molar-refractivity contribution in [2.24, 2.45) is 0 Å². The summed E-state index contributed by atoms with van der Waals surface area (Å²) in [6.07, 6.45) is 29.4. The summed E-state index contributed by atoms with van der Waals surface area (Å²) in [5, 5.41) is 0. The molecule has 70 heavy (non-hydrogen) atoms. The maximum absolute atomic E-state index is 6.73. The molecule has 5 aromatic rings. The van der Waals surface area contributed by atoms with Crippen molar-refractivity contribution in [2.45, 2.75) is 196 Å². The molecule has 0 heterocycles. The van der Waals surface area contributed by atoms with Gasteiger partial charge >= 0.3 is 0 Å². The van der Waals surface area contributed by atoms with E-state index >= 15 is 0 Å². The number of unbranched alkanes of at least 4 members (excludes halogenated alkanes) is 18. The van der Waals surface area contributed by atoms with Crippen LogP contribution in [0.2, 0.25) is 0 Å². The van der Waals surface area contributed by atoms with Gasteiger partial charge in [0, 0.05) is 34.4 Å². The molecule has 0 aromatic heterocycles. The van der Waals surface area contributed by atoms with Gasteiger partial charge in [-0.3, -0.25) is 0 Å². The van der Waals surface area contributed by atoms with Crippen molar-refractivity contribution in [2.75, 3.05) is 13.2 Å². The molecule has 2 nitrogen and oxygen atoms in total. The first-order chi connectivity index (χ1) is 34.3. The van der Waals surface area contributed by atoms with Crippen LogP contribution in [-0.2, 0) is 25.7 Å². The average molecular weight is 933 g/mol. The number of ether oxygens (including phenoxy) is 2. The number of benzene rings is 5. The molecule has 0 N–H and O–H groups in total. The second-order valence-corrected chi connectivity index (χ2v) is 20.3. The monoisotopic (exact) mass is 933 g/mol. The van der Waals surface area contributed by atoms with Crippen molar-refractivity contribution < 1.29 is 9.47 Å². The normalized spacial score (nSPS) is 11.7. The molecule has 0 spiro atoms. The highest BCUT2D eigenvalue weighted by atomic mass is 16.5. The summed E-state index contributed by atoms with van der Waals surface area (Å²) in [4.78, 5) is 0. The van der Waals surface area contributed by atoms with E-state index < -0.39 is 0 Å². The molecule has 2 heteroatoms. The van der Waals surface area contributed by atoms with Crippen molar-refractivity contribution in [1.82, 2.24) is 0 Å². The standard InChI is InChI=1S/C68H84O2/c1-7-9-11-13-15-17-19-21-23-25-45-69-67-52-66(68(70-46-26-24-22-20-18-16-14-12-10-8-2)51-65(67)43-40-62-48-54(4)28-30-56(62)6)44-42-64-50-58-32-36-59-35-31-57(33-37-60(64)38-34-58)49-63(59)41-39-61-47-53(3)27-29-55(61)5/h27-31,34-35,38,47-52H,7-26,32-33,36-37,45-46H2,1-6H3. The zero-order valence-corrected chi connectivity index (χ0v) is 44.3. The Kier molecular flexibility index (Phi) is 23.2. The summed E-state index contributed by atoms with van der Waals surface area (Å²) in [5.41, 5.74) is 16.1. The third-order valence-electron chi connectivity index (χ3n) is 14.1. The highest BCUT2D eigenvalue weighted by Crippen LogP contribution is 2.30. The fraction of sp³-hybridized carbons (Fsp3) is 0.471. The van der Waals surface area contributed by atoms with Gasteiger partial charge in [0.25, 0.3) is 0 Å². The zero-order chi connectivity index (χ0) is 49.2. The second kappa shape index (κ2) is 30.2. The topological polar surface area (TPSA) is 18.5 Å². The van der Waals surface area contributed by atoms with Crippen molar-refractivity contribution in [3.05, 3.63) is 163 Å². The van der Waals surface area contributed by atoms with Crippen LogP contribution in [0, 0.1) is 63.2 Å². The summed E-state index contributed by atoms with van der Waals surface area (Å²) in [5.74, 6) is 23.1. The fourth-order valence-electron chi connectivity index (χ4n) is 9.47. The Bertz CT molecular complexity index is 2610. The third-order valence-corrected chi connectivity index (χ3v) is 14.1. The van der Waals surface area contributed by atoms with Gasteiger partial charge < -0.3 is 9.47 Å². The minimum absolute atomic E-state index is 0.657. The molecule has 0 radical (unpaired) electrons. The molecule has 9 rings (SSSR count). The number of rotatable bonds is 24. The van der Waals surface area contributed by atoms with Crippen molar-refractivity contribution in [3.8, 4) is 47.0 Å². The van der Waals surface area contributed by atoms with E-state index in [1.54, 1.807) is 0 Å². The maximum atomic E-state index is 6.73. The van der Waals surface area contributed by atoms with Gasteiger partial charge in [0.1, 0.15) is 11.5 Å². The molecule has 0 saturated heterocycles. The molecule has 0 unspecified atom stereocenters. The molecule has 0 aliphatic heterocycles. The van der Waals surface area contributed by atoms with E-state index in [2.05, 4.69) is 162 Å². The minimum atomic E-state index is 0.657. The van der Waals surface area contributed by atoms with Crippen LogP contribution in [0.4, 0.5) is 0 Å². The summed E-state index contributed by atoms with van der Waals surface area (Å²) < 4.78 is 13.4. The molecular formula is C68H84O2. The highest BCUT2D eigenvalue weighted by molar-refractivity contribution is 5.62. The van der Waals surface area contributed by atoms with Crippen molar-refractivity contribution in [3.63, 3.8) is 0 Å². The SMILES string of the molecule is CCCCCCCCCCCCOc1cc(C#Cc2cc3ccc2CCc2ccc(c(C#Cc4cc(C)ccc4C)c2)CC3)c(OCCCCCCCCCCCC)cc1C#Cc1cc(C)ccc1C. The van der Waals surface area contributed by atoms with E-state index in [-0.39, 0.29) is 0 Å². The molecule has 0 atom stereocenters. The lowest BCUT2D eigenvalue weighted by Gasteiger charge is -2.14. The van der Waals surface area contributed by atoms with E-state index in [9.17, 15) is 0 Å². The predicted octanol–water partition coefficient (Wildman–Crippen LogP) is 17.6. The predicted molar refractivity (Wildman–Crippen MR) is 299 cm³/mol. The molecule has 368 valence electrons. The van der Waals surface area contributed by atoms with Crippen molar-refractivity contribution in [1.29, 1.82) is 0 Å². The Morgan fingerprint density at radius 2 is 0.671 bits per heavy atom. The summed E-state index contributed by atoms with van der Waals surface area (Å²) >= 11 is 0. The average Bonchev–Trinajstić information content (AvgIpc) is 3.36. The van der Waals surface area contributed by atoms with Crippen LogP contribution >= 0.6 is 0 Å². The van der Waals surface area contributed by atoms with Crippen LogP contribution < -0.4 is 9.47 Å². The van der Waals surface area contributed by atoms with Crippen LogP contribution in [0.25, 0.3) is 0 Å². The van der Waals surface area contributed by atoms with Gasteiger partial charge in [0.05, 0.1) is 24.3 Å². The lowest BCUT2D eigenvalue weighted by atomic mass is 9.91. The lowest BCUT2D eigenvalue weighted by Crippen LogP contribution is -2.04. The van der Waals surface area contributed by atoms with Crippen LogP contribution in [0.3, 0.4) is 0 Å². The first-order valence-corrected chi connectivity index (χ1v) is 27.7. The number of aryl methyl sites for hydroxylation is 8. The fourth-order valence-corrected chi connectivity index (χ4v) is 9.47. The summed E-state index contributed by atoms with van der Waals surface area (Å²) in [7, 11) is 0. The van der Waals surface area contributed by atoms with E-state index in [1.165, 1.54) is 160 Å². The Morgan fingerprint density at radius 3 is 1.06 bits per heavy atom. The smallest absolute Gasteiger partial charge is 0.136 e. The first-order valence-electron chi connectivity index (χ1n) is 27.7. The van der Waals surface area contributed by atoms with Gasteiger partial charge in [0.15, 0.2) is 0 Å². The Balaban J connectivity index is 1.24. The van der Waals surface area contributed by atoms with E-state index in [0.717, 1.165) is 83.4 Å². The van der Waals surface area contributed by atoms with Crippen LogP contribution in [0.15, 0.2) is 84.9 Å². The van der Waals surface area contributed by atoms with E-state index in [1.807, 2.05) is 0 Å². The molecule has 4 aliphatic carbocycles. The minimum Gasteiger partial charge on any atom is -0.492 e. The second-order valence-electron chi connectivity index (χ2n) is 20.3. The molecule has 0 fully saturated rings. The Labute approximate surface area is 426 Å². The van der Waals surface area contributed by atoms with Crippen LogP contribution in [-0.4, -0.2) is 13.2 Å². The highest BCUT2D eigenvalue weighted by Gasteiger charge is 2.14. The van der Waals surface area contributed by atoms with Gasteiger partial charge in [-0.25, -0.2) is 0 Å². The first kappa shape index (κ1) is 53.7. The quantitative estimate of drug-likeness (QED) is 0.0453. The van der Waals surface area contributed by atoms with Crippen LogP contribution in [0.1, 0.15) is 220 Å². The van der Waals surface area contributed by atoms with Crippen molar-refractivity contribution >= 4 is 0 Å². The van der Waals surface area contributed by atoms with Gasteiger partial charge in [-0.1, -0.05) is 213 Å². The Hall–Kier alpha value is -5.62. The molecular weight excluding hydrogens is 849 g/mol. The molecule has 5 aromatic carbocycles. The van der Waals surface area contributed by atoms with Gasteiger partial charge in [0.2, 0.25) is 0 Å². The van der Waals surface area contributed by atoms with Gasteiger partial charge in [-0.2, -0.15) is 0 Å². The Morgan fingerprint density at radius 1 is 0.329 bits per heavy atom. The summed E-state index contributed by atoms with van der Waals surface area (Å²) in [6, 6.07) is 31.1. The third kappa shape index (κ3) is 18.3. The maximum Gasteiger partial charge on any atom is 0.136 e. The molecule has 0 saturated carbocycles. The number of hydrogen-bond donors (Lipinski definition) is 0. The molecule has 4 aliphatic rings. The molecule has 4 bridgehead atoms. The summed E-state index contributed by atoms with van der Waals surface area (Å²) in [6.45, 7) is 14.4. The van der Waals surface area contributed by atoms with Gasteiger partial charge in [-0.05, 0) is 135 Å². The molecule has 0 amide bonds. The van der Waals surface area contributed by atoms with E-state index in [0.29, 0.717) is 13.2 Å². The number of hydrogen-bond acceptors (Lipinski definition) is 2.